The van der Waals surface area contributed by atoms with E-state index in [-0.39, 0.29) is 5.91 Å². The highest BCUT2D eigenvalue weighted by Gasteiger charge is 2.17. The number of carbonyl (C=O) groups is 2. The minimum absolute atomic E-state index is 0.326. The average Bonchev–Trinajstić information content (AvgIpc) is 2.55. The van der Waals surface area contributed by atoms with Gasteiger partial charge in [0.05, 0.1) is 5.57 Å². The third-order valence-corrected chi connectivity index (χ3v) is 3.09. The van der Waals surface area contributed by atoms with Crippen molar-refractivity contribution in [1.82, 2.24) is 5.32 Å². The molecule has 0 heterocycles. The highest BCUT2D eigenvalue weighted by molar-refractivity contribution is 6.25. The molecule has 2 N–H and O–H groups in total. The zero-order valence-electron chi connectivity index (χ0n) is 14.6. The van der Waals surface area contributed by atoms with Crippen LogP contribution in [0.2, 0.25) is 0 Å². The third kappa shape index (κ3) is 6.14. The zero-order valence-corrected chi connectivity index (χ0v) is 14.6. The molecule has 2 rings (SSSR count). The van der Waals surface area contributed by atoms with Crippen LogP contribution in [-0.4, -0.2) is 17.6 Å². The number of anilines is 1. The monoisotopic (exact) mass is 338 g/mol. The second kappa shape index (κ2) is 8.15. The molecule has 0 aliphatic heterocycles. The molecule has 0 bridgehead atoms. The fraction of sp³-hybridized carbons (Fsp3) is 0.200. The third-order valence-electron chi connectivity index (χ3n) is 3.09. The van der Waals surface area contributed by atoms with Crippen LogP contribution in [0.1, 0.15) is 26.3 Å². The first kappa shape index (κ1) is 18.3. The van der Waals surface area contributed by atoms with Gasteiger partial charge in [-0.25, -0.2) is 4.79 Å². The second-order valence-corrected chi connectivity index (χ2v) is 6.39. The first-order valence-corrected chi connectivity index (χ1v) is 7.97. The number of amides is 2. The van der Waals surface area contributed by atoms with Crippen LogP contribution in [0.4, 0.5) is 10.5 Å². The van der Waals surface area contributed by atoms with Gasteiger partial charge in [0.1, 0.15) is 5.60 Å². The van der Waals surface area contributed by atoms with E-state index in [1.807, 2.05) is 36.4 Å². The van der Waals surface area contributed by atoms with Gasteiger partial charge < -0.3 is 10.1 Å². The van der Waals surface area contributed by atoms with E-state index in [0.717, 1.165) is 0 Å². The summed E-state index contributed by atoms with van der Waals surface area (Å²) in [4.78, 5) is 24.5. The molecule has 5 heteroatoms. The Bertz CT molecular complexity index is 748. The molecule has 5 nitrogen and oxygen atoms in total. The first-order chi connectivity index (χ1) is 11.8. The maximum absolute atomic E-state index is 12.6. The van der Waals surface area contributed by atoms with Gasteiger partial charge in [-0.15, -0.1) is 0 Å². The number of nitrogens with one attached hydrogen (secondary N) is 2. The molecule has 2 aromatic carbocycles. The molecule has 0 aliphatic rings. The fourth-order valence-electron chi connectivity index (χ4n) is 2.06. The van der Waals surface area contributed by atoms with Crippen LogP contribution in [0, 0.1) is 0 Å². The van der Waals surface area contributed by atoms with Crippen LogP contribution in [-0.2, 0) is 9.53 Å². The van der Waals surface area contributed by atoms with Gasteiger partial charge in [0.15, 0.2) is 0 Å². The predicted molar refractivity (Wildman–Crippen MR) is 98.9 cm³/mol. The molecule has 0 atom stereocenters. The van der Waals surface area contributed by atoms with Crippen molar-refractivity contribution in [2.45, 2.75) is 26.4 Å². The Morgan fingerprint density at radius 1 is 0.920 bits per heavy atom. The van der Waals surface area contributed by atoms with E-state index in [1.54, 1.807) is 45.0 Å². The number of ether oxygens (including phenoxy) is 1. The van der Waals surface area contributed by atoms with Crippen LogP contribution >= 0.6 is 0 Å². The topological polar surface area (TPSA) is 67.4 Å². The summed E-state index contributed by atoms with van der Waals surface area (Å²) < 4.78 is 5.20. The lowest BCUT2D eigenvalue weighted by atomic mass is 10.1. The second-order valence-electron chi connectivity index (χ2n) is 6.39. The maximum Gasteiger partial charge on any atom is 0.411 e. The summed E-state index contributed by atoms with van der Waals surface area (Å²) in [6, 6.07) is 18.2. The molecular formula is C20H22N2O3. The van der Waals surface area contributed by atoms with Crippen molar-refractivity contribution in [2.75, 3.05) is 5.32 Å². The number of para-hydroxylation sites is 1. The van der Waals surface area contributed by atoms with Crippen molar-refractivity contribution >= 4 is 23.3 Å². The normalized spacial score (nSPS) is 11.6. The molecule has 25 heavy (non-hydrogen) atoms. The van der Waals surface area contributed by atoms with Gasteiger partial charge in [-0.2, -0.15) is 0 Å². The number of alkyl carbamates (subject to hydrolysis) is 1. The van der Waals surface area contributed by atoms with Crippen molar-refractivity contribution in [3.05, 3.63) is 72.4 Å². The van der Waals surface area contributed by atoms with Gasteiger partial charge in [-0.05, 0) is 38.5 Å². The van der Waals surface area contributed by atoms with E-state index in [2.05, 4.69) is 10.6 Å². The molecule has 0 saturated heterocycles. The Kier molecular flexibility index (Phi) is 5.95. The molecule has 0 aliphatic carbocycles. The molecule has 0 spiro atoms. The predicted octanol–water partition coefficient (Wildman–Crippen LogP) is 4.19. The quantitative estimate of drug-likeness (QED) is 0.821. The van der Waals surface area contributed by atoms with Gasteiger partial charge in [0.2, 0.25) is 0 Å². The summed E-state index contributed by atoms with van der Waals surface area (Å²) in [7, 11) is 0. The van der Waals surface area contributed by atoms with E-state index in [0.29, 0.717) is 16.8 Å². The molecule has 0 unspecified atom stereocenters. The molecule has 2 amide bonds. The minimum atomic E-state index is -0.617. The number of hydrogen-bond acceptors (Lipinski definition) is 3. The molecule has 0 aromatic heterocycles. The minimum Gasteiger partial charge on any atom is -0.444 e. The van der Waals surface area contributed by atoms with E-state index in [1.165, 1.54) is 6.20 Å². The van der Waals surface area contributed by atoms with E-state index >= 15 is 0 Å². The van der Waals surface area contributed by atoms with Gasteiger partial charge in [-0.3, -0.25) is 10.1 Å². The van der Waals surface area contributed by atoms with Crippen LogP contribution in [0.5, 0.6) is 0 Å². The van der Waals surface area contributed by atoms with Gasteiger partial charge in [0, 0.05) is 11.9 Å². The molecule has 0 fully saturated rings. The van der Waals surface area contributed by atoms with Gasteiger partial charge in [-0.1, -0.05) is 48.5 Å². The smallest absolute Gasteiger partial charge is 0.411 e. The van der Waals surface area contributed by atoms with Crippen molar-refractivity contribution in [2.24, 2.45) is 0 Å². The SMILES string of the molecule is CC(C)(C)OC(=O)N/C=C(\C(=O)Nc1ccccc1)c1ccccc1. The van der Waals surface area contributed by atoms with Gasteiger partial charge in [0.25, 0.3) is 5.91 Å². The van der Waals surface area contributed by atoms with E-state index < -0.39 is 11.7 Å². The molecule has 0 saturated carbocycles. The Morgan fingerprint density at radius 2 is 1.48 bits per heavy atom. The Balaban J connectivity index is 2.20. The van der Waals surface area contributed by atoms with Crippen LogP contribution in [0.25, 0.3) is 5.57 Å². The standard InChI is InChI=1S/C20H22N2O3/c1-20(2,3)25-19(24)21-14-17(15-10-6-4-7-11-15)18(23)22-16-12-8-5-9-13-16/h4-14H,1-3H3,(H,21,24)(H,22,23)/b17-14-. The highest BCUT2D eigenvalue weighted by Crippen LogP contribution is 2.17. The summed E-state index contributed by atoms with van der Waals surface area (Å²) in [5.74, 6) is -0.326. The van der Waals surface area contributed by atoms with Crippen molar-refractivity contribution < 1.29 is 14.3 Å². The van der Waals surface area contributed by atoms with E-state index in [9.17, 15) is 9.59 Å². The molecule has 2 aromatic rings. The lowest BCUT2D eigenvalue weighted by Crippen LogP contribution is -2.30. The van der Waals surface area contributed by atoms with Crippen molar-refractivity contribution in [3.63, 3.8) is 0 Å². The number of hydrogen-bond donors (Lipinski definition) is 2. The first-order valence-electron chi connectivity index (χ1n) is 7.97. The summed E-state index contributed by atoms with van der Waals surface area (Å²) in [6.07, 6.45) is 0.746. The largest absolute Gasteiger partial charge is 0.444 e. The summed E-state index contributed by atoms with van der Waals surface area (Å²) >= 11 is 0. The summed E-state index contributed by atoms with van der Waals surface area (Å²) in [5, 5.41) is 5.33. The molecular weight excluding hydrogens is 316 g/mol. The Hall–Kier alpha value is -3.08. The average molecular weight is 338 g/mol. The fourth-order valence-corrected chi connectivity index (χ4v) is 2.06. The summed E-state index contributed by atoms with van der Waals surface area (Å²) in [6.45, 7) is 5.32. The number of carbonyl (C=O) groups excluding carboxylic acids is 2. The van der Waals surface area contributed by atoms with Crippen LogP contribution in [0.15, 0.2) is 66.9 Å². The number of rotatable bonds is 4. The maximum atomic E-state index is 12.6. The number of benzene rings is 2. The lowest BCUT2D eigenvalue weighted by molar-refractivity contribution is -0.111. The molecule has 130 valence electrons. The van der Waals surface area contributed by atoms with Crippen molar-refractivity contribution in [3.8, 4) is 0 Å². The zero-order chi connectivity index (χ0) is 18.3. The Labute approximate surface area is 147 Å². The van der Waals surface area contributed by atoms with Crippen LogP contribution in [0.3, 0.4) is 0 Å². The van der Waals surface area contributed by atoms with E-state index in [4.69, 9.17) is 4.74 Å². The highest BCUT2D eigenvalue weighted by atomic mass is 16.6. The van der Waals surface area contributed by atoms with Crippen LogP contribution < -0.4 is 10.6 Å². The molecule has 0 radical (unpaired) electrons. The summed E-state index contributed by atoms with van der Waals surface area (Å²) in [5.41, 5.74) is 1.07. The van der Waals surface area contributed by atoms with Crippen molar-refractivity contribution in [1.29, 1.82) is 0 Å². The lowest BCUT2D eigenvalue weighted by Gasteiger charge is -2.19. The Morgan fingerprint density at radius 3 is 2.04 bits per heavy atom. The van der Waals surface area contributed by atoms with Gasteiger partial charge >= 0.3 is 6.09 Å².